The zero-order chi connectivity index (χ0) is 15.5. The topological polar surface area (TPSA) is 105 Å². The minimum atomic E-state index is -3.48. The molecule has 2 N–H and O–H groups in total. The van der Waals surface area contributed by atoms with E-state index in [0.29, 0.717) is 18.8 Å². The molecule has 0 atom stereocenters. The second-order valence-corrected chi connectivity index (χ2v) is 6.75. The molecule has 0 saturated carbocycles. The van der Waals surface area contributed by atoms with E-state index in [0.717, 1.165) is 6.26 Å². The van der Waals surface area contributed by atoms with Crippen molar-refractivity contribution in [1.29, 1.82) is 0 Å². The standard InChI is InChI=1S/C12H13ClN4O3S/c1-21(19,20)10-6-8(2-3-9(10)13)12(18)14-5-4-11-15-7-16-17-11/h2-3,6-7H,4-5H2,1H3,(H,14,18)(H,15,16,17). The molecule has 9 heteroatoms. The molecular weight excluding hydrogens is 316 g/mol. The molecule has 0 bridgehead atoms. The Kier molecular flexibility index (Phi) is 4.59. The van der Waals surface area contributed by atoms with Crippen molar-refractivity contribution in [3.8, 4) is 0 Å². The number of amides is 1. The zero-order valence-corrected chi connectivity index (χ0v) is 12.7. The van der Waals surface area contributed by atoms with Crippen molar-refractivity contribution in [2.24, 2.45) is 0 Å². The van der Waals surface area contributed by atoms with Gasteiger partial charge < -0.3 is 5.32 Å². The van der Waals surface area contributed by atoms with E-state index in [1.54, 1.807) is 0 Å². The molecule has 1 aromatic heterocycles. The van der Waals surface area contributed by atoms with Gasteiger partial charge in [0.15, 0.2) is 9.84 Å². The molecule has 21 heavy (non-hydrogen) atoms. The highest BCUT2D eigenvalue weighted by atomic mass is 35.5. The van der Waals surface area contributed by atoms with E-state index in [4.69, 9.17) is 11.6 Å². The lowest BCUT2D eigenvalue weighted by molar-refractivity contribution is 0.0954. The Bertz CT molecular complexity index is 744. The molecule has 2 aromatic rings. The van der Waals surface area contributed by atoms with Crippen LogP contribution in [0, 0.1) is 0 Å². The van der Waals surface area contributed by atoms with Crippen LogP contribution in [0.15, 0.2) is 29.4 Å². The smallest absolute Gasteiger partial charge is 0.251 e. The lowest BCUT2D eigenvalue weighted by atomic mass is 10.2. The van der Waals surface area contributed by atoms with Crippen LogP contribution in [0.25, 0.3) is 0 Å². The number of nitrogens with one attached hydrogen (secondary N) is 2. The highest BCUT2D eigenvalue weighted by Crippen LogP contribution is 2.22. The Labute approximate surface area is 126 Å². The first kappa shape index (κ1) is 15.5. The number of aromatic amines is 1. The summed E-state index contributed by atoms with van der Waals surface area (Å²) in [6.45, 7) is 0.352. The Morgan fingerprint density at radius 2 is 2.19 bits per heavy atom. The van der Waals surface area contributed by atoms with Crippen molar-refractivity contribution in [2.45, 2.75) is 11.3 Å². The fourth-order valence-corrected chi connectivity index (χ4v) is 2.98. The maximum Gasteiger partial charge on any atom is 0.251 e. The van der Waals surface area contributed by atoms with Crippen LogP contribution in [0.2, 0.25) is 5.02 Å². The third kappa shape index (κ3) is 4.02. The van der Waals surface area contributed by atoms with Gasteiger partial charge in [-0.15, -0.1) is 0 Å². The number of sulfone groups is 1. The minimum absolute atomic E-state index is 0.0629. The minimum Gasteiger partial charge on any atom is -0.352 e. The Balaban J connectivity index is 2.06. The van der Waals surface area contributed by atoms with E-state index in [9.17, 15) is 13.2 Å². The molecule has 0 aliphatic carbocycles. The van der Waals surface area contributed by atoms with E-state index >= 15 is 0 Å². The average Bonchev–Trinajstić information content (AvgIpc) is 2.91. The van der Waals surface area contributed by atoms with Gasteiger partial charge in [-0.05, 0) is 18.2 Å². The van der Waals surface area contributed by atoms with Crippen LogP contribution in [0.4, 0.5) is 0 Å². The number of nitrogens with zero attached hydrogens (tertiary/aromatic N) is 2. The molecule has 2 rings (SSSR count). The van der Waals surface area contributed by atoms with Crippen molar-refractivity contribution >= 4 is 27.3 Å². The van der Waals surface area contributed by atoms with Gasteiger partial charge in [0.05, 0.1) is 9.92 Å². The van der Waals surface area contributed by atoms with Crippen molar-refractivity contribution in [3.05, 3.63) is 40.9 Å². The van der Waals surface area contributed by atoms with Crippen LogP contribution in [-0.4, -0.2) is 42.3 Å². The maximum absolute atomic E-state index is 12.0. The predicted molar refractivity (Wildman–Crippen MR) is 77.0 cm³/mol. The van der Waals surface area contributed by atoms with Gasteiger partial charge in [-0.2, -0.15) is 5.10 Å². The van der Waals surface area contributed by atoms with Crippen molar-refractivity contribution < 1.29 is 13.2 Å². The fourth-order valence-electron chi connectivity index (χ4n) is 1.68. The van der Waals surface area contributed by atoms with Gasteiger partial charge in [0.2, 0.25) is 0 Å². The SMILES string of the molecule is CS(=O)(=O)c1cc(C(=O)NCCc2ncn[nH]2)ccc1Cl. The summed E-state index contributed by atoms with van der Waals surface area (Å²) in [5, 5.41) is 9.14. The molecule has 1 heterocycles. The fraction of sp³-hybridized carbons (Fsp3) is 0.250. The van der Waals surface area contributed by atoms with Crippen molar-refractivity contribution in [1.82, 2.24) is 20.5 Å². The number of halogens is 1. The molecular formula is C12H13ClN4O3S. The summed E-state index contributed by atoms with van der Waals surface area (Å²) in [4.78, 5) is 15.8. The quantitative estimate of drug-likeness (QED) is 0.846. The van der Waals surface area contributed by atoms with Gasteiger partial charge in [0, 0.05) is 24.8 Å². The second kappa shape index (κ2) is 6.23. The van der Waals surface area contributed by atoms with Crippen LogP contribution >= 0.6 is 11.6 Å². The van der Waals surface area contributed by atoms with Gasteiger partial charge in [0.1, 0.15) is 12.2 Å². The van der Waals surface area contributed by atoms with E-state index in [2.05, 4.69) is 20.5 Å². The first-order valence-corrected chi connectivity index (χ1v) is 8.27. The lowest BCUT2D eigenvalue weighted by Gasteiger charge is -2.07. The number of H-pyrrole nitrogens is 1. The summed E-state index contributed by atoms with van der Waals surface area (Å²) >= 11 is 5.83. The maximum atomic E-state index is 12.0. The lowest BCUT2D eigenvalue weighted by Crippen LogP contribution is -2.26. The first-order valence-electron chi connectivity index (χ1n) is 6.00. The average molecular weight is 329 g/mol. The zero-order valence-electron chi connectivity index (χ0n) is 11.1. The molecule has 0 spiro atoms. The molecule has 0 radical (unpaired) electrons. The molecule has 1 aromatic carbocycles. The second-order valence-electron chi connectivity index (χ2n) is 4.36. The van der Waals surface area contributed by atoms with E-state index in [-0.39, 0.29) is 21.4 Å². The molecule has 112 valence electrons. The Morgan fingerprint density at radius 1 is 1.43 bits per heavy atom. The Hall–Kier alpha value is -1.93. The highest BCUT2D eigenvalue weighted by molar-refractivity contribution is 7.90. The van der Waals surface area contributed by atoms with E-state index < -0.39 is 9.84 Å². The number of rotatable bonds is 5. The third-order valence-electron chi connectivity index (χ3n) is 2.71. The molecule has 0 saturated heterocycles. The third-order valence-corrected chi connectivity index (χ3v) is 4.28. The summed E-state index contributed by atoms with van der Waals surface area (Å²) in [5.41, 5.74) is 0.234. The Morgan fingerprint density at radius 3 is 2.81 bits per heavy atom. The molecule has 0 aliphatic rings. The largest absolute Gasteiger partial charge is 0.352 e. The summed E-state index contributed by atoms with van der Waals surface area (Å²) in [6.07, 6.45) is 2.92. The van der Waals surface area contributed by atoms with Crippen LogP contribution < -0.4 is 5.32 Å². The normalized spacial score (nSPS) is 11.3. The number of aromatic nitrogens is 3. The van der Waals surface area contributed by atoms with Gasteiger partial charge in [-0.3, -0.25) is 9.89 Å². The highest BCUT2D eigenvalue weighted by Gasteiger charge is 2.15. The molecule has 1 amide bonds. The molecule has 0 fully saturated rings. The van der Waals surface area contributed by atoms with Crippen molar-refractivity contribution in [3.63, 3.8) is 0 Å². The number of hydrogen-bond donors (Lipinski definition) is 2. The summed E-state index contributed by atoms with van der Waals surface area (Å²) in [7, 11) is -3.48. The summed E-state index contributed by atoms with van der Waals surface area (Å²) in [6, 6.07) is 4.13. The summed E-state index contributed by atoms with van der Waals surface area (Å²) < 4.78 is 23.1. The molecule has 7 nitrogen and oxygen atoms in total. The van der Waals surface area contributed by atoms with Crippen molar-refractivity contribution in [2.75, 3.05) is 12.8 Å². The van der Waals surface area contributed by atoms with Gasteiger partial charge in [-0.1, -0.05) is 11.6 Å². The first-order chi connectivity index (χ1) is 9.88. The van der Waals surface area contributed by atoms with Gasteiger partial charge in [0.25, 0.3) is 5.91 Å². The van der Waals surface area contributed by atoms with E-state index in [1.165, 1.54) is 24.5 Å². The summed E-state index contributed by atoms with van der Waals surface area (Å²) in [5.74, 6) is 0.277. The van der Waals surface area contributed by atoms with Crippen LogP contribution in [0.5, 0.6) is 0 Å². The number of benzene rings is 1. The molecule has 0 aliphatic heterocycles. The van der Waals surface area contributed by atoms with E-state index in [1.807, 2.05) is 0 Å². The number of carbonyl (C=O) groups is 1. The van der Waals surface area contributed by atoms with Crippen LogP contribution in [0.3, 0.4) is 0 Å². The van der Waals surface area contributed by atoms with Gasteiger partial charge in [-0.25, -0.2) is 13.4 Å². The van der Waals surface area contributed by atoms with Gasteiger partial charge >= 0.3 is 0 Å². The monoisotopic (exact) mass is 328 g/mol. The number of hydrogen-bond acceptors (Lipinski definition) is 5. The van der Waals surface area contributed by atoms with Crippen LogP contribution in [-0.2, 0) is 16.3 Å². The van der Waals surface area contributed by atoms with Crippen LogP contribution in [0.1, 0.15) is 16.2 Å². The molecule has 0 unspecified atom stereocenters. The predicted octanol–water partition coefficient (Wildman–Crippen LogP) is 0.834. The number of carbonyl (C=O) groups excluding carboxylic acids is 1.